The average molecular weight is 547 g/mol. The van der Waals surface area contributed by atoms with Crippen LogP contribution in [0.1, 0.15) is 51.5 Å². The van der Waals surface area contributed by atoms with Crippen LogP contribution in [0.15, 0.2) is 29.3 Å². The Labute approximate surface area is 203 Å². The Morgan fingerprint density at radius 3 is 2.67 bits per heavy atom. The van der Waals surface area contributed by atoms with Gasteiger partial charge in [-0.1, -0.05) is 29.8 Å². The molecule has 1 aromatic rings. The van der Waals surface area contributed by atoms with Crippen LogP contribution in [0, 0.1) is 0 Å². The van der Waals surface area contributed by atoms with E-state index in [4.69, 9.17) is 21.3 Å². The number of hydrogen-bond donors (Lipinski definition) is 2. The summed E-state index contributed by atoms with van der Waals surface area (Å²) in [6, 6.07) is 10.2. The first-order chi connectivity index (χ1) is 14.1. The Morgan fingerprint density at radius 1 is 1.27 bits per heavy atom. The van der Waals surface area contributed by atoms with Crippen molar-refractivity contribution in [3.63, 3.8) is 0 Å². The van der Waals surface area contributed by atoms with Gasteiger partial charge in [-0.25, -0.2) is 0 Å². The summed E-state index contributed by atoms with van der Waals surface area (Å²) in [5, 5.41) is 8.02. The monoisotopic (exact) mass is 546 g/mol. The third-order valence-electron chi connectivity index (χ3n) is 6.76. The van der Waals surface area contributed by atoms with Gasteiger partial charge in [0, 0.05) is 54.9 Å². The Balaban J connectivity index is 0.00000256. The molecule has 0 spiro atoms. The molecule has 3 aliphatic rings. The molecule has 0 bridgehead atoms. The SMILES string of the molecule is CCNC(=NCC1(c2ccccc2Cl)CCOCC1)NC1CC(C)N(C2CC2)C1.I. The number of nitrogens with zero attached hydrogens (tertiary/aromatic N) is 2. The largest absolute Gasteiger partial charge is 0.381 e. The van der Waals surface area contributed by atoms with Crippen LogP contribution < -0.4 is 10.6 Å². The second kappa shape index (κ2) is 10.8. The Bertz CT molecular complexity index is 721. The number of aliphatic imine (C=N–C) groups is 1. The lowest BCUT2D eigenvalue weighted by Crippen LogP contribution is -2.46. The summed E-state index contributed by atoms with van der Waals surface area (Å²) < 4.78 is 5.67. The van der Waals surface area contributed by atoms with E-state index in [0.717, 1.165) is 62.7 Å². The molecule has 2 aliphatic heterocycles. The molecule has 5 nitrogen and oxygen atoms in total. The van der Waals surface area contributed by atoms with Crippen LogP contribution in [-0.2, 0) is 10.2 Å². The highest BCUT2D eigenvalue weighted by Crippen LogP contribution is 2.39. The Kier molecular flexibility index (Phi) is 8.70. The van der Waals surface area contributed by atoms with E-state index in [-0.39, 0.29) is 29.4 Å². The van der Waals surface area contributed by atoms with Gasteiger partial charge in [0.2, 0.25) is 0 Å². The van der Waals surface area contributed by atoms with E-state index in [1.807, 2.05) is 12.1 Å². The summed E-state index contributed by atoms with van der Waals surface area (Å²) in [7, 11) is 0. The smallest absolute Gasteiger partial charge is 0.191 e. The van der Waals surface area contributed by atoms with Gasteiger partial charge in [-0.2, -0.15) is 0 Å². The van der Waals surface area contributed by atoms with Gasteiger partial charge < -0.3 is 15.4 Å². The lowest BCUT2D eigenvalue weighted by molar-refractivity contribution is 0.0531. The van der Waals surface area contributed by atoms with Gasteiger partial charge in [0.25, 0.3) is 0 Å². The molecule has 2 heterocycles. The third kappa shape index (κ3) is 5.61. The van der Waals surface area contributed by atoms with Gasteiger partial charge in [0.15, 0.2) is 5.96 Å². The van der Waals surface area contributed by atoms with Crippen LogP contribution in [0.2, 0.25) is 5.02 Å². The van der Waals surface area contributed by atoms with Crippen molar-refractivity contribution in [2.24, 2.45) is 4.99 Å². The Morgan fingerprint density at radius 2 is 2.00 bits per heavy atom. The number of benzene rings is 1. The minimum Gasteiger partial charge on any atom is -0.381 e. The van der Waals surface area contributed by atoms with Crippen LogP contribution in [0.25, 0.3) is 0 Å². The fourth-order valence-electron chi connectivity index (χ4n) is 4.99. The maximum atomic E-state index is 6.60. The summed E-state index contributed by atoms with van der Waals surface area (Å²) in [4.78, 5) is 7.73. The van der Waals surface area contributed by atoms with Gasteiger partial charge in [-0.3, -0.25) is 9.89 Å². The minimum atomic E-state index is -0.0536. The lowest BCUT2D eigenvalue weighted by Gasteiger charge is -2.37. The predicted octanol–water partition coefficient (Wildman–Crippen LogP) is 4.19. The van der Waals surface area contributed by atoms with Crippen LogP contribution in [0.3, 0.4) is 0 Å². The maximum absolute atomic E-state index is 6.60. The standard InChI is InChI=1S/C23H35ClN4O.HI/c1-3-25-22(27-18-14-17(2)28(15-18)19-8-9-19)26-16-23(10-12-29-13-11-23)20-6-4-5-7-21(20)24;/h4-7,17-19H,3,8-16H2,1-2H3,(H2,25,26,27);1H. The number of guanidine groups is 1. The first-order valence-corrected chi connectivity index (χ1v) is 11.6. The van der Waals surface area contributed by atoms with Gasteiger partial charge in [-0.15, -0.1) is 24.0 Å². The van der Waals surface area contributed by atoms with E-state index in [1.165, 1.54) is 24.8 Å². The molecule has 0 radical (unpaired) electrons. The van der Waals surface area contributed by atoms with Crippen molar-refractivity contribution in [3.8, 4) is 0 Å². The molecule has 7 heteroatoms. The van der Waals surface area contributed by atoms with Crippen LogP contribution in [0.5, 0.6) is 0 Å². The van der Waals surface area contributed by atoms with Crippen molar-refractivity contribution >= 4 is 41.5 Å². The number of ether oxygens (including phenoxy) is 1. The molecule has 1 aliphatic carbocycles. The van der Waals surface area contributed by atoms with Crippen molar-refractivity contribution in [3.05, 3.63) is 34.9 Å². The van der Waals surface area contributed by atoms with Crippen molar-refractivity contribution in [1.82, 2.24) is 15.5 Å². The number of halogens is 2. The van der Waals surface area contributed by atoms with Gasteiger partial charge in [0.05, 0.1) is 6.54 Å². The van der Waals surface area contributed by atoms with E-state index in [1.54, 1.807) is 0 Å². The van der Waals surface area contributed by atoms with Crippen LogP contribution in [-0.4, -0.2) is 61.8 Å². The van der Waals surface area contributed by atoms with E-state index in [0.29, 0.717) is 12.1 Å². The van der Waals surface area contributed by atoms with Gasteiger partial charge in [-0.05, 0) is 57.6 Å². The second-order valence-corrected chi connectivity index (χ2v) is 9.33. The second-order valence-electron chi connectivity index (χ2n) is 8.92. The minimum absolute atomic E-state index is 0. The summed E-state index contributed by atoms with van der Waals surface area (Å²) in [5.41, 5.74) is 1.15. The molecule has 4 rings (SSSR count). The van der Waals surface area contributed by atoms with Crippen LogP contribution in [0.4, 0.5) is 0 Å². The zero-order valence-corrected chi connectivity index (χ0v) is 21.3. The van der Waals surface area contributed by atoms with E-state index in [2.05, 4.69) is 41.5 Å². The molecule has 2 unspecified atom stereocenters. The summed E-state index contributed by atoms with van der Waals surface area (Å²) in [6.07, 6.45) is 5.83. The van der Waals surface area contributed by atoms with Crippen molar-refractivity contribution in [2.75, 3.05) is 32.8 Å². The molecular formula is C23H36ClIN4O. The fourth-order valence-corrected chi connectivity index (χ4v) is 5.32. The number of likely N-dealkylation sites (tertiary alicyclic amines) is 1. The summed E-state index contributed by atoms with van der Waals surface area (Å²) in [6.45, 7) is 8.73. The van der Waals surface area contributed by atoms with Crippen LogP contribution >= 0.6 is 35.6 Å². The molecule has 0 aromatic heterocycles. The van der Waals surface area contributed by atoms with E-state index >= 15 is 0 Å². The number of nitrogens with one attached hydrogen (secondary N) is 2. The van der Waals surface area contributed by atoms with Crippen molar-refractivity contribution in [1.29, 1.82) is 0 Å². The molecule has 1 saturated carbocycles. The maximum Gasteiger partial charge on any atom is 0.191 e. The van der Waals surface area contributed by atoms with Gasteiger partial charge in [0.1, 0.15) is 0 Å². The van der Waals surface area contributed by atoms with Crippen molar-refractivity contribution < 1.29 is 4.74 Å². The van der Waals surface area contributed by atoms with E-state index < -0.39 is 0 Å². The highest BCUT2D eigenvalue weighted by Gasteiger charge is 2.39. The molecule has 2 atom stereocenters. The van der Waals surface area contributed by atoms with Gasteiger partial charge >= 0.3 is 0 Å². The highest BCUT2D eigenvalue weighted by atomic mass is 127. The first-order valence-electron chi connectivity index (χ1n) is 11.2. The predicted molar refractivity (Wildman–Crippen MR) is 135 cm³/mol. The average Bonchev–Trinajstić information content (AvgIpc) is 3.50. The molecule has 3 fully saturated rings. The number of rotatable bonds is 6. The molecular weight excluding hydrogens is 511 g/mol. The molecule has 2 N–H and O–H groups in total. The first kappa shape index (κ1) is 24.1. The normalized spacial score (nSPS) is 26.8. The summed E-state index contributed by atoms with van der Waals surface area (Å²) in [5.74, 6) is 0.931. The molecule has 168 valence electrons. The zero-order valence-electron chi connectivity index (χ0n) is 18.2. The topological polar surface area (TPSA) is 48.9 Å². The summed E-state index contributed by atoms with van der Waals surface area (Å²) >= 11 is 6.60. The van der Waals surface area contributed by atoms with E-state index in [9.17, 15) is 0 Å². The quantitative estimate of drug-likeness (QED) is 0.319. The van der Waals surface area contributed by atoms with Crippen molar-refractivity contribution in [2.45, 2.75) is 69.5 Å². The highest BCUT2D eigenvalue weighted by molar-refractivity contribution is 14.0. The molecule has 1 aromatic carbocycles. The molecule has 30 heavy (non-hydrogen) atoms. The number of hydrogen-bond acceptors (Lipinski definition) is 3. The zero-order chi connectivity index (χ0) is 20.3. The Hall–Kier alpha value is -0.570. The lowest BCUT2D eigenvalue weighted by atomic mass is 9.74. The molecule has 2 saturated heterocycles. The fraction of sp³-hybridized carbons (Fsp3) is 0.696. The third-order valence-corrected chi connectivity index (χ3v) is 7.09. The molecule has 0 amide bonds.